The summed E-state index contributed by atoms with van der Waals surface area (Å²) in [6.07, 6.45) is 1.29. The maximum Gasteiger partial charge on any atom is 0.107 e. The summed E-state index contributed by atoms with van der Waals surface area (Å²) in [7, 11) is 0. The largest absolute Gasteiger partial charge is 0.302 e. The van der Waals surface area contributed by atoms with Gasteiger partial charge in [0, 0.05) is 18.0 Å². The van der Waals surface area contributed by atoms with Gasteiger partial charge in [-0.2, -0.15) is 0 Å². The van der Waals surface area contributed by atoms with Gasteiger partial charge in [-0.05, 0) is 39.9 Å². The van der Waals surface area contributed by atoms with E-state index in [0.717, 1.165) is 6.54 Å². The third kappa shape index (κ3) is 3.50. The molecule has 0 radical (unpaired) electrons. The number of hydrogen-bond donors (Lipinski definition) is 0. The number of hydrogen-bond acceptors (Lipinski definition) is 4. The Morgan fingerprint density at radius 1 is 1.12 bits per heavy atom. The quantitative estimate of drug-likeness (QED) is 0.824. The summed E-state index contributed by atoms with van der Waals surface area (Å²) in [5, 5.41) is 1.28. The Morgan fingerprint density at radius 2 is 1.82 bits per heavy atom. The highest BCUT2D eigenvalue weighted by atomic mass is 32.1. The van der Waals surface area contributed by atoms with Crippen LogP contribution >= 0.6 is 11.3 Å². The maximum absolute atomic E-state index is 4.64. The van der Waals surface area contributed by atoms with Crippen LogP contribution in [0.2, 0.25) is 0 Å². The second-order valence-electron chi connectivity index (χ2n) is 4.81. The number of thiazole rings is 1. The summed E-state index contributed by atoms with van der Waals surface area (Å²) in [5.41, 5.74) is 1.20. The van der Waals surface area contributed by atoms with Crippen molar-refractivity contribution in [1.29, 1.82) is 0 Å². The van der Waals surface area contributed by atoms with Gasteiger partial charge in [0.2, 0.25) is 0 Å². The molecule has 1 aromatic heterocycles. The van der Waals surface area contributed by atoms with Gasteiger partial charge in [0.05, 0.1) is 12.2 Å². The lowest BCUT2D eigenvalue weighted by atomic mass is 10.4. The van der Waals surface area contributed by atoms with Crippen LogP contribution in [0.4, 0.5) is 0 Å². The molecule has 0 aromatic carbocycles. The van der Waals surface area contributed by atoms with Crippen LogP contribution in [0.5, 0.6) is 0 Å². The van der Waals surface area contributed by atoms with Gasteiger partial charge < -0.3 is 4.90 Å². The molecule has 1 saturated heterocycles. The molecule has 1 fully saturated rings. The molecule has 1 aliphatic heterocycles. The fourth-order valence-corrected chi connectivity index (χ4v) is 3.27. The van der Waals surface area contributed by atoms with Crippen molar-refractivity contribution in [1.82, 2.24) is 14.8 Å². The fraction of sp³-hybridized carbons (Fsp3) is 0.769. The highest BCUT2D eigenvalue weighted by Crippen LogP contribution is 2.18. The molecule has 3 nitrogen and oxygen atoms in total. The molecule has 0 N–H and O–H groups in total. The first-order valence-electron chi connectivity index (χ1n) is 6.56. The summed E-state index contributed by atoms with van der Waals surface area (Å²) in [5.74, 6) is 0. The maximum atomic E-state index is 4.64. The molecule has 1 aliphatic rings. The Hall–Kier alpha value is -0.450. The van der Waals surface area contributed by atoms with Gasteiger partial charge in [-0.15, -0.1) is 11.3 Å². The standard InChI is InChI=1S/C13H23N3S/c1-4-15-6-5-7-16(9-8-15)10-13-14-11(2)12(3)17-13/h4-10H2,1-3H3. The van der Waals surface area contributed by atoms with E-state index in [-0.39, 0.29) is 0 Å². The van der Waals surface area contributed by atoms with Gasteiger partial charge in [-0.1, -0.05) is 6.92 Å². The van der Waals surface area contributed by atoms with Gasteiger partial charge in [-0.25, -0.2) is 4.98 Å². The molecule has 17 heavy (non-hydrogen) atoms. The summed E-state index contributed by atoms with van der Waals surface area (Å²) in [4.78, 5) is 11.1. The third-order valence-corrected chi connectivity index (χ3v) is 4.62. The van der Waals surface area contributed by atoms with Crippen LogP contribution in [0.1, 0.15) is 28.9 Å². The minimum Gasteiger partial charge on any atom is -0.302 e. The predicted octanol–water partition coefficient (Wildman–Crippen LogP) is 2.29. The zero-order valence-electron chi connectivity index (χ0n) is 11.2. The van der Waals surface area contributed by atoms with Gasteiger partial charge >= 0.3 is 0 Å². The molecule has 0 bridgehead atoms. The molecule has 96 valence electrons. The third-order valence-electron chi connectivity index (χ3n) is 3.56. The van der Waals surface area contributed by atoms with Crippen LogP contribution in [0.25, 0.3) is 0 Å². The van der Waals surface area contributed by atoms with E-state index in [1.165, 1.54) is 54.7 Å². The molecule has 2 rings (SSSR count). The molecule has 4 heteroatoms. The van der Waals surface area contributed by atoms with Crippen LogP contribution in [0.15, 0.2) is 0 Å². The Morgan fingerprint density at radius 3 is 2.47 bits per heavy atom. The summed E-state index contributed by atoms with van der Waals surface area (Å²) < 4.78 is 0. The first-order chi connectivity index (χ1) is 8.19. The average Bonchev–Trinajstić information content (AvgIpc) is 2.53. The minimum atomic E-state index is 1.04. The number of nitrogens with zero attached hydrogens (tertiary/aromatic N) is 3. The van der Waals surface area contributed by atoms with Gasteiger partial charge in [0.15, 0.2) is 0 Å². The molecule has 1 aromatic rings. The van der Waals surface area contributed by atoms with Crippen LogP contribution in [0, 0.1) is 13.8 Å². The SMILES string of the molecule is CCN1CCCN(Cc2nc(C)c(C)s2)CC1. The van der Waals surface area contributed by atoms with E-state index in [0.29, 0.717) is 0 Å². The van der Waals surface area contributed by atoms with Crippen LogP contribution in [-0.4, -0.2) is 47.5 Å². The molecule has 0 aliphatic carbocycles. The lowest BCUT2D eigenvalue weighted by Gasteiger charge is -2.19. The lowest BCUT2D eigenvalue weighted by Crippen LogP contribution is -2.30. The van der Waals surface area contributed by atoms with Crippen molar-refractivity contribution in [3.05, 3.63) is 15.6 Å². The first kappa shape index (κ1) is 13.0. The molecule has 0 amide bonds. The van der Waals surface area contributed by atoms with Crippen molar-refractivity contribution in [2.45, 2.75) is 33.7 Å². The van der Waals surface area contributed by atoms with Crippen molar-refractivity contribution < 1.29 is 0 Å². The zero-order chi connectivity index (χ0) is 12.3. The van der Waals surface area contributed by atoms with E-state index < -0.39 is 0 Å². The van der Waals surface area contributed by atoms with E-state index >= 15 is 0 Å². The molecule has 0 unspecified atom stereocenters. The van der Waals surface area contributed by atoms with Gasteiger partial charge in [0.1, 0.15) is 5.01 Å². The smallest absolute Gasteiger partial charge is 0.107 e. The van der Waals surface area contributed by atoms with Gasteiger partial charge in [0.25, 0.3) is 0 Å². The number of rotatable bonds is 3. The normalized spacial score (nSPS) is 19.5. The molecule has 0 spiro atoms. The van der Waals surface area contributed by atoms with Crippen molar-refractivity contribution >= 4 is 11.3 Å². The Balaban J connectivity index is 1.90. The predicted molar refractivity (Wildman–Crippen MR) is 73.6 cm³/mol. The van der Waals surface area contributed by atoms with Crippen molar-refractivity contribution in [3.63, 3.8) is 0 Å². The number of aromatic nitrogens is 1. The zero-order valence-corrected chi connectivity index (χ0v) is 12.0. The van der Waals surface area contributed by atoms with Gasteiger partial charge in [-0.3, -0.25) is 4.90 Å². The molecular weight excluding hydrogens is 230 g/mol. The van der Waals surface area contributed by atoms with E-state index in [1.54, 1.807) is 0 Å². The molecule has 0 atom stereocenters. The van der Waals surface area contributed by atoms with Crippen LogP contribution < -0.4 is 0 Å². The number of aryl methyl sites for hydroxylation is 2. The summed E-state index contributed by atoms with van der Waals surface area (Å²) in [6.45, 7) is 13.6. The topological polar surface area (TPSA) is 19.4 Å². The second-order valence-corrected chi connectivity index (χ2v) is 6.10. The minimum absolute atomic E-state index is 1.04. The van der Waals surface area contributed by atoms with Crippen molar-refractivity contribution in [2.75, 3.05) is 32.7 Å². The monoisotopic (exact) mass is 253 g/mol. The second kappa shape index (κ2) is 5.94. The Labute approximate surface area is 108 Å². The first-order valence-corrected chi connectivity index (χ1v) is 7.38. The fourth-order valence-electron chi connectivity index (χ4n) is 2.30. The molecular formula is C13H23N3S. The van der Waals surface area contributed by atoms with E-state index in [9.17, 15) is 0 Å². The average molecular weight is 253 g/mol. The van der Waals surface area contributed by atoms with Crippen molar-refractivity contribution in [2.24, 2.45) is 0 Å². The van der Waals surface area contributed by atoms with E-state index in [4.69, 9.17) is 0 Å². The van der Waals surface area contributed by atoms with Crippen molar-refractivity contribution in [3.8, 4) is 0 Å². The summed E-state index contributed by atoms with van der Waals surface area (Å²) in [6, 6.07) is 0. The highest BCUT2D eigenvalue weighted by molar-refractivity contribution is 7.11. The summed E-state index contributed by atoms with van der Waals surface area (Å²) >= 11 is 1.85. The highest BCUT2D eigenvalue weighted by Gasteiger charge is 2.15. The number of likely N-dealkylation sites (N-methyl/N-ethyl adjacent to an activating group) is 1. The Kier molecular flexibility index (Phi) is 4.54. The van der Waals surface area contributed by atoms with Crippen LogP contribution in [-0.2, 0) is 6.54 Å². The lowest BCUT2D eigenvalue weighted by molar-refractivity contribution is 0.257. The Bertz CT molecular complexity index is 342. The van der Waals surface area contributed by atoms with E-state index in [2.05, 4.69) is 35.6 Å². The van der Waals surface area contributed by atoms with Crippen LogP contribution in [0.3, 0.4) is 0 Å². The molecule has 2 heterocycles. The molecule has 0 saturated carbocycles. The van der Waals surface area contributed by atoms with E-state index in [1.807, 2.05) is 11.3 Å².